The topological polar surface area (TPSA) is 46.2 Å². The molecule has 1 N–H and O–H groups in total. The average molecular weight is 157 g/mol. The van der Waals surface area contributed by atoms with E-state index in [2.05, 4.69) is 5.32 Å². The molecule has 0 radical (unpaired) electrons. The number of carbonyl (C=O) groups excluding carboxylic acids is 2. The summed E-state index contributed by atoms with van der Waals surface area (Å²) in [7, 11) is 0. The second kappa shape index (κ2) is 4.88. The molecule has 0 aliphatic carbocycles. The van der Waals surface area contributed by atoms with Crippen LogP contribution < -0.4 is 5.32 Å². The van der Waals surface area contributed by atoms with Gasteiger partial charge in [0.25, 0.3) is 5.91 Å². The van der Waals surface area contributed by atoms with E-state index in [4.69, 9.17) is 0 Å². The molecular weight excluding hydrogens is 142 g/mol. The van der Waals surface area contributed by atoms with Crippen LogP contribution in [0.4, 0.5) is 0 Å². The van der Waals surface area contributed by atoms with Gasteiger partial charge in [-0.1, -0.05) is 13.8 Å². The average Bonchev–Trinajstić information content (AvgIpc) is 2.02. The molecule has 64 valence electrons. The van der Waals surface area contributed by atoms with Gasteiger partial charge in [0.15, 0.2) is 0 Å². The van der Waals surface area contributed by atoms with Gasteiger partial charge in [0.05, 0.1) is 0 Å². The largest absolute Gasteiger partial charge is 0.347 e. The van der Waals surface area contributed by atoms with Gasteiger partial charge in [-0.05, 0) is 13.3 Å². The van der Waals surface area contributed by atoms with Crippen LogP contribution in [0.15, 0.2) is 0 Å². The Kier molecular flexibility index (Phi) is 4.50. The van der Waals surface area contributed by atoms with Crippen LogP contribution >= 0.6 is 0 Å². The third-order valence-corrected chi connectivity index (χ3v) is 1.56. The highest BCUT2D eigenvalue weighted by atomic mass is 16.2. The molecule has 1 atom stereocenters. The minimum absolute atomic E-state index is 0.0954. The molecule has 1 unspecified atom stereocenters. The molecule has 0 spiro atoms. The summed E-state index contributed by atoms with van der Waals surface area (Å²) in [5.41, 5.74) is 0. The SMILES string of the molecule is CCC(=O)C(=O)NC(C)CC. The molecule has 1 amide bonds. The van der Waals surface area contributed by atoms with E-state index in [0.717, 1.165) is 6.42 Å². The Morgan fingerprint density at radius 3 is 2.27 bits per heavy atom. The van der Waals surface area contributed by atoms with Gasteiger partial charge < -0.3 is 5.32 Å². The van der Waals surface area contributed by atoms with Gasteiger partial charge in [-0.3, -0.25) is 9.59 Å². The van der Waals surface area contributed by atoms with E-state index in [-0.39, 0.29) is 18.2 Å². The van der Waals surface area contributed by atoms with Crippen molar-refractivity contribution >= 4 is 11.7 Å². The molecule has 0 bridgehead atoms. The second-order valence-electron chi connectivity index (χ2n) is 2.56. The maximum absolute atomic E-state index is 10.9. The second-order valence-corrected chi connectivity index (χ2v) is 2.56. The van der Waals surface area contributed by atoms with Crippen molar-refractivity contribution in [3.63, 3.8) is 0 Å². The van der Waals surface area contributed by atoms with Crippen molar-refractivity contribution in [2.24, 2.45) is 0 Å². The summed E-state index contributed by atoms with van der Waals surface area (Å²) in [4.78, 5) is 21.6. The summed E-state index contributed by atoms with van der Waals surface area (Å²) in [6, 6.07) is 0.0954. The third-order valence-electron chi connectivity index (χ3n) is 1.56. The van der Waals surface area contributed by atoms with Crippen molar-refractivity contribution < 1.29 is 9.59 Å². The Morgan fingerprint density at radius 1 is 1.36 bits per heavy atom. The first-order chi connectivity index (χ1) is 5.11. The predicted octanol–water partition coefficient (Wildman–Crippen LogP) is 0.880. The maximum atomic E-state index is 10.9. The molecule has 3 heteroatoms. The molecule has 0 heterocycles. The lowest BCUT2D eigenvalue weighted by molar-refractivity contribution is -0.138. The van der Waals surface area contributed by atoms with Crippen molar-refractivity contribution in [3.05, 3.63) is 0 Å². The molecular formula is C8H15NO2. The molecule has 0 aromatic carbocycles. The first-order valence-electron chi connectivity index (χ1n) is 3.95. The number of nitrogens with one attached hydrogen (secondary N) is 1. The van der Waals surface area contributed by atoms with Gasteiger partial charge >= 0.3 is 0 Å². The van der Waals surface area contributed by atoms with Crippen molar-refractivity contribution in [2.45, 2.75) is 39.7 Å². The Hall–Kier alpha value is -0.860. The quantitative estimate of drug-likeness (QED) is 0.616. The van der Waals surface area contributed by atoms with Crippen LogP contribution in [-0.2, 0) is 9.59 Å². The van der Waals surface area contributed by atoms with E-state index in [0.29, 0.717) is 0 Å². The molecule has 0 saturated heterocycles. The lowest BCUT2D eigenvalue weighted by Gasteiger charge is -2.09. The van der Waals surface area contributed by atoms with Crippen LogP contribution in [0, 0.1) is 0 Å². The Morgan fingerprint density at radius 2 is 1.91 bits per heavy atom. The van der Waals surface area contributed by atoms with Gasteiger partial charge in [0.2, 0.25) is 5.78 Å². The van der Waals surface area contributed by atoms with E-state index in [1.165, 1.54) is 0 Å². The highest BCUT2D eigenvalue weighted by molar-refractivity contribution is 6.36. The minimum atomic E-state index is -0.457. The smallest absolute Gasteiger partial charge is 0.287 e. The molecule has 0 rings (SSSR count). The van der Waals surface area contributed by atoms with Crippen LogP contribution in [0.25, 0.3) is 0 Å². The summed E-state index contributed by atoms with van der Waals surface area (Å²) >= 11 is 0. The third kappa shape index (κ3) is 3.75. The zero-order valence-corrected chi connectivity index (χ0v) is 7.31. The Balaban J connectivity index is 3.77. The monoisotopic (exact) mass is 157 g/mol. The fourth-order valence-corrected chi connectivity index (χ4v) is 0.567. The highest BCUT2D eigenvalue weighted by Crippen LogP contribution is 1.89. The van der Waals surface area contributed by atoms with Crippen LogP contribution in [0.1, 0.15) is 33.6 Å². The standard InChI is InChI=1S/C8H15NO2/c1-4-6(3)9-8(11)7(10)5-2/h6H,4-5H2,1-3H3,(H,9,11). The predicted molar refractivity (Wildman–Crippen MR) is 43.2 cm³/mol. The normalized spacial score (nSPS) is 12.3. The lowest BCUT2D eigenvalue weighted by Crippen LogP contribution is -2.36. The van der Waals surface area contributed by atoms with E-state index in [9.17, 15) is 9.59 Å². The van der Waals surface area contributed by atoms with Crippen molar-refractivity contribution in [1.29, 1.82) is 0 Å². The summed E-state index contributed by atoms with van der Waals surface area (Å²) in [5.74, 6) is -0.799. The van der Waals surface area contributed by atoms with Crippen LogP contribution in [0.3, 0.4) is 0 Å². The highest BCUT2D eigenvalue weighted by Gasteiger charge is 2.11. The fraction of sp³-hybridized carbons (Fsp3) is 0.750. The Bertz CT molecular complexity index is 154. The summed E-state index contributed by atoms with van der Waals surface area (Å²) < 4.78 is 0. The molecule has 0 aliphatic rings. The van der Waals surface area contributed by atoms with E-state index in [1.807, 2.05) is 13.8 Å². The summed E-state index contributed by atoms with van der Waals surface area (Å²) in [5, 5.41) is 2.59. The van der Waals surface area contributed by atoms with E-state index < -0.39 is 5.91 Å². The van der Waals surface area contributed by atoms with Gasteiger partial charge in [0, 0.05) is 12.5 Å². The molecule has 0 aromatic heterocycles. The van der Waals surface area contributed by atoms with E-state index in [1.54, 1.807) is 6.92 Å². The molecule has 0 saturated carbocycles. The summed E-state index contributed by atoms with van der Waals surface area (Å²) in [6.07, 6.45) is 1.13. The van der Waals surface area contributed by atoms with Crippen molar-refractivity contribution in [1.82, 2.24) is 5.32 Å². The van der Waals surface area contributed by atoms with Crippen molar-refractivity contribution in [2.75, 3.05) is 0 Å². The number of carbonyl (C=O) groups is 2. The lowest BCUT2D eigenvalue weighted by atomic mass is 10.2. The maximum Gasteiger partial charge on any atom is 0.287 e. The number of ketones is 1. The number of hydrogen-bond acceptors (Lipinski definition) is 2. The van der Waals surface area contributed by atoms with Gasteiger partial charge in [-0.25, -0.2) is 0 Å². The van der Waals surface area contributed by atoms with Crippen LogP contribution in [-0.4, -0.2) is 17.7 Å². The van der Waals surface area contributed by atoms with Crippen LogP contribution in [0.5, 0.6) is 0 Å². The zero-order valence-electron chi connectivity index (χ0n) is 7.31. The van der Waals surface area contributed by atoms with Gasteiger partial charge in [-0.15, -0.1) is 0 Å². The molecule has 0 fully saturated rings. The molecule has 0 aromatic rings. The van der Waals surface area contributed by atoms with Gasteiger partial charge in [-0.2, -0.15) is 0 Å². The molecule has 0 aliphatic heterocycles. The summed E-state index contributed by atoms with van der Waals surface area (Å²) in [6.45, 7) is 5.51. The first-order valence-corrected chi connectivity index (χ1v) is 3.95. The van der Waals surface area contributed by atoms with Gasteiger partial charge in [0.1, 0.15) is 0 Å². The number of amides is 1. The zero-order chi connectivity index (χ0) is 8.85. The number of rotatable bonds is 4. The fourth-order valence-electron chi connectivity index (χ4n) is 0.567. The van der Waals surface area contributed by atoms with E-state index >= 15 is 0 Å². The van der Waals surface area contributed by atoms with Crippen molar-refractivity contribution in [3.8, 4) is 0 Å². The number of hydrogen-bond donors (Lipinski definition) is 1. The number of Topliss-reactive ketones (excluding diaryl/α,β-unsaturated/α-hetero) is 1. The first kappa shape index (κ1) is 10.1. The van der Waals surface area contributed by atoms with Crippen LogP contribution in [0.2, 0.25) is 0 Å². The molecule has 3 nitrogen and oxygen atoms in total. The minimum Gasteiger partial charge on any atom is -0.347 e. The molecule has 11 heavy (non-hydrogen) atoms. The Labute approximate surface area is 67.2 Å².